The SMILES string of the molecule is O=C(NNS(=O)(=O)c1ccc(F)cc1)c1ccc(COc2ccccc2)o1. The first kappa shape index (κ1) is 18.6. The van der Waals surface area contributed by atoms with Gasteiger partial charge >= 0.3 is 5.91 Å². The minimum Gasteiger partial charge on any atom is -0.486 e. The molecule has 27 heavy (non-hydrogen) atoms. The second kappa shape index (κ2) is 8.02. The molecular formula is C18H15FN2O5S. The third-order valence-corrected chi connectivity index (χ3v) is 4.70. The van der Waals surface area contributed by atoms with Crippen molar-refractivity contribution in [1.29, 1.82) is 0 Å². The van der Waals surface area contributed by atoms with Crippen LogP contribution in [0.2, 0.25) is 0 Å². The molecule has 1 heterocycles. The molecule has 0 saturated heterocycles. The number of hydrogen-bond acceptors (Lipinski definition) is 5. The van der Waals surface area contributed by atoms with E-state index in [1.54, 1.807) is 18.2 Å². The third-order valence-electron chi connectivity index (χ3n) is 3.43. The van der Waals surface area contributed by atoms with Gasteiger partial charge < -0.3 is 9.15 Å². The molecule has 0 aliphatic heterocycles. The third kappa shape index (κ3) is 4.93. The minimum atomic E-state index is -4.03. The van der Waals surface area contributed by atoms with Gasteiger partial charge in [-0.3, -0.25) is 10.2 Å². The number of ether oxygens (including phenoxy) is 1. The maximum absolute atomic E-state index is 12.9. The maximum Gasteiger partial charge on any atom is 0.301 e. The van der Waals surface area contributed by atoms with Crippen LogP contribution in [0.25, 0.3) is 0 Å². The lowest BCUT2D eigenvalue weighted by Gasteiger charge is -2.07. The molecule has 1 aromatic heterocycles. The average Bonchev–Trinajstić information content (AvgIpc) is 3.15. The predicted molar refractivity (Wildman–Crippen MR) is 93.7 cm³/mol. The molecule has 0 radical (unpaired) electrons. The Labute approximate surface area is 154 Å². The number of furan rings is 1. The van der Waals surface area contributed by atoms with E-state index in [2.05, 4.69) is 0 Å². The van der Waals surface area contributed by atoms with E-state index in [-0.39, 0.29) is 17.3 Å². The lowest BCUT2D eigenvalue weighted by molar-refractivity contribution is 0.0913. The molecule has 3 aromatic rings. The number of carbonyl (C=O) groups excluding carboxylic acids is 1. The van der Waals surface area contributed by atoms with Crippen LogP contribution in [-0.2, 0) is 16.6 Å². The molecule has 0 atom stereocenters. The van der Waals surface area contributed by atoms with Crippen LogP contribution in [0.5, 0.6) is 5.75 Å². The Morgan fingerprint density at radius 3 is 2.41 bits per heavy atom. The fourth-order valence-corrected chi connectivity index (χ4v) is 2.94. The summed E-state index contributed by atoms with van der Waals surface area (Å²) in [6.07, 6.45) is 0. The van der Waals surface area contributed by atoms with Crippen LogP contribution in [0.4, 0.5) is 4.39 Å². The highest BCUT2D eigenvalue weighted by atomic mass is 32.2. The smallest absolute Gasteiger partial charge is 0.301 e. The Morgan fingerprint density at radius 2 is 1.70 bits per heavy atom. The summed E-state index contributed by atoms with van der Waals surface area (Å²) in [6, 6.07) is 16.2. The van der Waals surface area contributed by atoms with Crippen molar-refractivity contribution in [3.05, 3.63) is 84.1 Å². The molecule has 2 N–H and O–H groups in total. The number of carbonyl (C=O) groups is 1. The number of para-hydroxylation sites is 1. The summed E-state index contributed by atoms with van der Waals surface area (Å²) >= 11 is 0. The normalized spacial score (nSPS) is 11.1. The van der Waals surface area contributed by atoms with Gasteiger partial charge in [-0.25, -0.2) is 12.8 Å². The summed E-state index contributed by atoms with van der Waals surface area (Å²) < 4.78 is 47.8. The van der Waals surface area contributed by atoms with Crippen molar-refractivity contribution >= 4 is 15.9 Å². The van der Waals surface area contributed by atoms with Crippen LogP contribution in [0, 0.1) is 5.82 Å². The van der Waals surface area contributed by atoms with Crippen molar-refractivity contribution in [3.63, 3.8) is 0 Å². The Morgan fingerprint density at radius 1 is 1.00 bits per heavy atom. The van der Waals surface area contributed by atoms with E-state index in [0.29, 0.717) is 11.5 Å². The minimum absolute atomic E-state index is 0.0940. The zero-order chi connectivity index (χ0) is 19.3. The van der Waals surface area contributed by atoms with E-state index in [9.17, 15) is 17.6 Å². The van der Waals surface area contributed by atoms with Crippen LogP contribution in [0.1, 0.15) is 16.3 Å². The number of halogens is 1. The first-order valence-corrected chi connectivity index (χ1v) is 9.27. The van der Waals surface area contributed by atoms with Gasteiger partial charge in [-0.05, 0) is 48.5 Å². The molecule has 0 aliphatic carbocycles. The standard InChI is InChI=1S/C18H15FN2O5S/c19-13-6-9-16(10-7-13)27(23,24)21-20-18(22)17-11-8-15(26-17)12-25-14-4-2-1-3-5-14/h1-11,21H,12H2,(H,20,22). The van der Waals surface area contributed by atoms with Crippen LogP contribution in [0.15, 0.2) is 76.0 Å². The summed E-state index contributed by atoms with van der Waals surface area (Å²) in [5.74, 6) is -0.411. The molecule has 0 fully saturated rings. The van der Waals surface area contributed by atoms with Crippen LogP contribution in [-0.4, -0.2) is 14.3 Å². The number of amides is 1. The summed E-state index contributed by atoms with van der Waals surface area (Å²) in [5.41, 5.74) is 2.03. The largest absolute Gasteiger partial charge is 0.486 e. The molecule has 0 saturated carbocycles. The zero-order valence-electron chi connectivity index (χ0n) is 13.9. The molecule has 0 unspecified atom stereocenters. The predicted octanol–water partition coefficient (Wildman–Crippen LogP) is 2.62. The number of hydrazine groups is 1. The molecule has 0 aliphatic rings. The monoisotopic (exact) mass is 390 g/mol. The van der Waals surface area contributed by atoms with E-state index >= 15 is 0 Å². The highest BCUT2D eigenvalue weighted by Gasteiger charge is 2.17. The van der Waals surface area contributed by atoms with E-state index in [1.165, 1.54) is 6.07 Å². The van der Waals surface area contributed by atoms with E-state index < -0.39 is 21.7 Å². The van der Waals surface area contributed by atoms with Gasteiger partial charge in [0.2, 0.25) is 0 Å². The summed E-state index contributed by atoms with van der Waals surface area (Å²) in [5, 5.41) is 0. The topological polar surface area (TPSA) is 97.6 Å². The fraction of sp³-hybridized carbons (Fsp3) is 0.0556. The Bertz CT molecular complexity index is 1020. The first-order chi connectivity index (χ1) is 12.9. The quantitative estimate of drug-likeness (QED) is 0.605. The lowest BCUT2D eigenvalue weighted by atomic mass is 10.3. The zero-order valence-corrected chi connectivity index (χ0v) is 14.7. The molecule has 7 nitrogen and oxygen atoms in total. The number of hydrogen-bond donors (Lipinski definition) is 2. The molecular weight excluding hydrogens is 375 g/mol. The first-order valence-electron chi connectivity index (χ1n) is 7.78. The Balaban J connectivity index is 1.57. The molecule has 3 rings (SSSR count). The van der Waals surface area contributed by atoms with Gasteiger partial charge in [0.25, 0.3) is 10.0 Å². The van der Waals surface area contributed by atoms with Crippen molar-refractivity contribution < 1.29 is 26.8 Å². The highest BCUT2D eigenvalue weighted by Crippen LogP contribution is 2.14. The van der Waals surface area contributed by atoms with Crippen molar-refractivity contribution in [2.45, 2.75) is 11.5 Å². The number of rotatable bonds is 7. The van der Waals surface area contributed by atoms with Crippen LogP contribution < -0.4 is 15.0 Å². The molecule has 140 valence electrons. The fourth-order valence-electron chi connectivity index (χ4n) is 2.10. The number of benzene rings is 2. The molecule has 1 amide bonds. The van der Waals surface area contributed by atoms with Gasteiger partial charge in [-0.15, -0.1) is 4.83 Å². The van der Waals surface area contributed by atoms with Gasteiger partial charge in [-0.1, -0.05) is 18.2 Å². The van der Waals surface area contributed by atoms with E-state index in [1.807, 2.05) is 28.5 Å². The van der Waals surface area contributed by atoms with E-state index in [0.717, 1.165) is 24.3 Å². The van der Waals surface area contributed by atoms with Crippen molar-refractivity contribution in [1.82, 2.24) is 10.3 Å². The van der Waals surface area contributed by atoms with Gasteiger partial charge in [0.1, 0.15) is 23.9 Å². The van der Waals surface area contributed by atoms with Gasteiger partial charge in [0.05, 0.1) is 4.90 Å². The molecule has 0 spiro atoms. The lowest BCUT2D eigenvalue weighted by Crippen LogP contribution is -2.41. The second-order valence-electron chi connectivity index (χ2n) is 5.38. The molecule has 2 aromatic carbocycles. The second-order valence-corrected chi connectivity index (χ2v) is 7.06. The Hall–Kier alpha value is -3.17. The number of nitrogens with one attached hydrogen (secondary N) is 2. The van der Waals surface area contributed by atoms with E-state index in [4.69, 9.17) is 9.15 Å². The van der Waals surface area contributed by atoms with Crippen molar-refractivity contribution in [2.24, 2.45) is 0 Å². The highest BCUT2D eigenvalue weighted by molar-refractivity contribution is 7.89. The Kier molecular flexibility index (Phi) is 5.53. The molecule has 0 bridgehead atoms. The van der Waals surface area contributed by atoms with Crippen LogP contribution >= 0.6 is 0 Å². The maximum atomic E-state index is 12.9. The van der Waals surface area contributed by atoms with Gasteiger partial charge in [-0.2, -0.15) is 0 Å². The van der Waals surface area contributed by atoms with Crippen molar-refractivity contribution in [3.8, 4) is 5.75 Å². The molecule has 9 heteroatoms. The summed E-state index contributed by atoms with van der Waals surface area (Å²) in [6.45, 7) is 0.110. The summed E-state index contributed by atoms with van der Waals surface area (Å²) in [4.78, 5) is 13.8. The average molecular weight is 390 g/mol. The van der Waals surface area contributed by atoms with Crippen molar-refractivity contribution in [2.75, 3.05) is 0 Å². The number of sulfonamides is 1. The van der Waals surface area contributed by atoms with Gasteiger partial charge in [0.15, 0.2) is 5.76 Å². The van der Waals surface area contributed by atoms with Gasteiger partial charge in [0, 0.05) is 0 Å². The summed E-state index contributed by atoms with van der Waals surface area (Å²) in [7, 11) is -4.03. The van der Waals surface area contributed by atoms with Crippen LogP contribution in [0.3, 0.4) is 0 Å².